The van der Waals surface area contributed by atoms with Crippen molar-refractivity contribution in [2.24, 2.45) is 23.7 Å². The van der Waals surface area contributed by atoms with Crippen molar-refractivity contribution in [1.29, 1.82) is 0 Å². The Morgan fingerprint density at radius 1 is 1.08 bits per heavy atom. The van der Waals surface area contributed by atoms with Crippen LogP contribution in [0.1, 0.15) is 22.3 Å². The van der Waals surface area contributed by atoms with Crippen LogP contribution in [-0.4, -0.2) is 41.1 Å². The number of esters is 1. The van der Waals surface area contributed by atoms with Crippen LogP contribution in [0.15, 0.2) is 40.9 Å². The first-order valence-electron chi connectivity index (χ1n) is 11.3. The van der Waals surface area contributed by atoms with Crippen LogP contribution in [0.2, 0.25) is 5.02 Å². The molecule has 11 heteroatoms. The van der Waals surface area contributed by atoms with Gasteiger partial charge in [0.2, 0.25) is 11.8 Å². The number of halogens is 4. The van der Waals surface area contributed by atoms with Crippen molar-refractivity contribution in [2.75, 3.05) is 16.8 Å². The van der Waals surface area contributed by atoms with Gasteiger partial charge in [-0.05, 0) is 77.0 Å². The van der Waals surface area contributed by atoms with E-state index in [0.717, 1.165) is 4.90 Å². The maximum absolute atomic E-state index is 13.2. The Kier molecular flexibility index (Phi) is 6.83. The number of ether oxygens (including phenoxy) is 1. The number of imide groups is 1. The van der Waals surface area contributed by atoms with E-state index in [4.69, 9.17) is 39.5 Å². The second-order valence-electron chi connectivity index (χ2n) is 9.22. The maximum Gasteiger partial charge on any atom is 0.338 e. The number of hydrogen-bond acceptors (Lipinski definition) is 5. The molecule has 5 rings (SSSR count). The molecule has 6 atom stereocenters. The van der Waals surface area contributed by atoms with Crippen molar-refractivity contribution >= 4 is 85.8 Å². The molecular weight excluding hydrogens is 595 g/mol. The minimum absolute atomic E-state index is 0.106. The quantitative estimate of drug-likeness (QED) is 0.285. The molecule has 3 fully saturated rings. The van der Waals surface area contributed by atoms with Gasteiger partial charge in [0, 0.05) is 10.2 Å². The second kappa shape index (κ2) is 9.63. The molecule has 3 aliphatic rings. The van der Waals surface area contributed by atoms with Crippen molar-refractivity contribution in [1.82, 2.24) is 0 Å². The van der Waals surface area contributed by atoms with E-state index in [0.29, 0.717) is 27.2 Å². The van der Waals surface area contributed by atoms with E-state index in [1.165, 1.54) is 12.1 Å². The Balaban J connectivity index is 1.26. The monoisotopic (exact) mass is 612 g/mol. The second-order valence-corrected chi connectivity index (χ2v) is 11.5. The fourth-order valence-corrected chi connectivity index (χ4v) is 7.05. The first-order chi connectivity index (χ1) is 17.1. The summed E-state index contributed by atoms with van der Waals surface area (Å²) in [5.74, 6) is -3.20. The molecule has 2 aliphatic carbocycles. The van der Waals surface area contributed by atoms with Gasteiger partial charge in [0.05, 0.1) is 38.9 Å². The van der Waals surface area contributed by atoms with Gasteiger partial charge in [-0.3, -0.25) is 19.3 Å². The fourth-order valence-electron chi connectivity index (χ4n) is 5.56. The maximum atomic E-state index is 13.2. The highest BCUT2D eigenvalue weighted by Gasteiger charge is 2.66. The first kappa shape index (κ1) is 25.5. The van der Waals surface area contributed by atoms with E-state index in [-0.39, 0.29) is 45.7 Å². The molecule has 1 N–H and O–H groups in total. The summed E-state index contributed by atoms with van der Waals surface area (Å²) in [5.41, 5.74) is 1.54. The number of amides is 3. The van der Waals surface area contributed by atoms with Crippen LogP contribution in [0.25, 0.3) is 0 Å². The molecule has 0 radical (unpaired) electrons. The Bertz CT molecular complexity index is 1270. The Hall–Kier alpha value is -2.13. The Morgan fingerprint density at radius 3 is 2.36 bits per heavy atom. The van der Waals surface area contributed by atoms with E-state index in [9.17, 15) is 19.2 Å². The van der Waals surface area contributed by atoms with Crippen LogP contribution in [0.4, 0.5) is 11.4 Å². The molecule has 0 aromatic heterocycles. The number of benzene rings is 2. The fraction of sp³-hybridized carbons (Fsp3) is 0.360. The largest absolute Gasteiger partial charge is 0.452 e. The highest BCUT2D eigenvalue weighted by Crippen LogP contribution is 2.59. The Morgan fingerprint density at radius 2 is 1.72 bits per heavy atom. The van der Waals surface area contributed by atoms with E-state index in [1.807, 2.05) is 0 Å². The average molecular weight is 615 g/mol. The van der Waals surface area contributed by atoms with Crippen LogP contribution in [0.3, 0.4) is 0 Å². The van der Waals surface area contributed by atoms with Gasteiger partial charge < -0.3 is 10.1 Å². The van der Waals surface area contributed by atoms with Gasteiger partial charge in [-0.15, -0.1) is 23.2 Å². The molecule has 1 saturated heterocycles. The summed E-state index contributed by atoms with van der Waals surface area (Å²) < 4.78 is 5.85. The molecule has 2 aromatic carbocycles. The van der Waals surface area contributed by atoms with Gasteiger partial charge in [0.15, 0.2) is 6.61 Å². The zero-order chi connectivity index (χ0) is 25.9. The lowest BCUT2D eigenvalue weighted by Crippen LogP contribution is -2.37. The van der Waals surface area contributed by atoms with Gasteiger partial charge in [-0.2, -0.15) is 0 Å². The summed E-state index contributed by atoms with van der Waals surface area (Å²) >= 11 is 22.3. The van der Waals surface area contributed by atoms with E-state index in [1.54, 1.807) is 31.2 Å². The molecule has 0 unspecified atom stereocenters. The molecule has 188 valence electrons. The average Bonchev–Trinajstić information content (AvgIpc) is 3.47. The van der Waals surface area contributed by atoms with Crippen molar-refractivity contribution in [3.63, 3.8) is 0 Å². The molecule has 2 saturated carbocycles. The molecule has 0 spiro atoms. The van der Waals surface area contributed by atoms with Crippen LogP contribution in [-0.2, 0) is 19.1 Å². The molecule has 36 heavy (non-hydrogen) atoms. The zero-order valence-corrected chi connectivity index (χ0v) is 22.7. The highest BCUT2D eigenvalue weighted by atomic mass is 79.9. The van der Waals surface area contributed by atoms with Crippen molar-refractivity contribution in [3.05, 3.63) is 57.0 Å². The number of rotatable bonds is 5. The van der Waals surface area contributed by atoms with E-state index in [2.05, 4.69) is 21.2 Å². The number of carbonyl (C=O) groups excluding carboxylic acids is 4. The summed E-state index contributed by atoms with van der Waals surface area (Å²) in [4.78, 5) is 52.5. The third-order valence-electron chi connectivity index (χ3n) is 7.27. The molecular formula is C25H20BrCl3N2O5. The summed E-state index contributed by atoms with van der Waals surface area (Å²) in [7, 11) is 0. The molecule has 2 aromatic rings. The number of alkyl halides is 2. The van der Waals surface area contributed by atoms with Crippen LogP contribution >= 0.6 is 50.7 Å². The SMILES string of the molecule is Cc1c(NC(=O)COC(=O)c2cccc(N3C(=O)[C@@H]4[C@H]5C[C@@H]([C@H](Cl)[C@H]5Cl)[C@H]4C3=O)c2)ccc(Br)c1Cl. The van der Waals surface area contributed by atoms with Crippen molar-refractivity contribution in [3.8, 4) is 0 Å². The van der Waals surface area contributed by atoms with Gasteiger partial charge in [-0.25, -0.2) is 4.79 Å². The first-order valence-corrected chi connectivity index (χ1v) is 13.3. The van der Waals surface area contributed by atoms with Crippen molar-refractivity contribution in [2.45, 2.75) is 24.1 Å². The molecule has 3 amide bonds. The third-order valence-corrected chi connectivity index (χ3v) is 9.97. The van der Waals surface area contributed by atoms with Gasteiger partial charge in [0.25, 0.3) is 5.91 Å². The summed E-state index contributed by atoms with van der Waals surface area (Å²) in [6.45, 7) is 1.22. The van der Waals surface area contributed by atoms with Crippen LogP contribution < -0.4 is 10.2 Å². The highest BCUT2D eigenvalue weighted by molar-refractivity contribution is 9.10. The van der Waals surface area contributed by atoms with Crippen LogP contribution in [0.5, 0.6) is 0 Å². The lowest BCUT2D eigenvalue weighted by molar-refractivity contribution is -0.123. The van der Waals surface area contributed by atoms with Gasteiger partial charge >= 0.3 is 5.97 Å². The van der Waals surface area contributed by atoms with Crippen molar-refractivity contribution < 1.29 is 23.9 Å². The number of nitrogens with zero attached hydrogens (tertiary/aromatic N) is 1. The number of hydrogen-bond donors (Lipinski definition) is 1. The lowest BCUT2D eigenvalue weighted by Gasteiger charge is -2.28. The molecule has 1 heterocycles. The summed E-state index contributed by atoms with van der Waals surface area (Å²) in [6.07, 6.45) is 0.670. The van der Waals surface area contributed by atoms with Gasteiger partial charge in [-0.1, -0.05) is 17.7 Å². The normalized spacial score (nSPS) is 28.4. The minimum atomic E-state index is -0.765. The number of carbonyl (C=O) groups is 4. The standard InChI is InChI=1S/C25H20BrCl3N2O5/c1-10-16(6-5-15(26)20(10)27)30-17(32)9-36-25(35)11-3-2-4-12(7-11)31-23(33)18-13-8-14(19(18)24(31)34)22(29)21(13)28/h2-7,13-14,18-19,21-22H,8-9H2,1H3,(H,30,32)/t13-,14-,18-,19-,21+,22+/m1/s1. The third kappa shape index (κ3) is 4.12. The van der Waals surface area contributed by atoms with Gasteiger partial charge in [0.1, 0.15) is 0 Å². The zero-order valence-electron chi connectivity index (χ0n) is 18.8. The molecule has 2 bridgehead atoms. The number of fused-ring (bicyclic) bond motifs is 5. The Labute approximate surface area is 230 Å². The predicted octanol–water partition coefficient (Wildman–Crippen LogP) is 5.18. The smallest absolute Gasteiger partial charge is 0.338 e. The topological polar surface area (TPSA) is 92.8 Å². The minimum Gasteiger partial charge on any atom is -0.452 e. The molecule has 1 aliphatic heterocycles. The number of anilines is 2. The predicted molar refractivity (Wildman–Crippen MR) is 140 cm³/mol. The number of nitrogens with one attached hydrogen (secondary N) is 1. The van der Waals surface area contributed by atoms with E-state index >= 15 is 0 Å². The van der Waals surface area contributed by atoms with E-state index < -0.39 is 30.3 Å². The summed E-state index contributed by atoms with van der Waals surface area (Å²) in [5, 5.41) is 2.43. The van der Waals surface area contributed by atoms with Crippen LogP contribution in [0, 0.1) is 30.6 Å². The molecule has 7 nitrogen and oxygen atoms in total. The summed E-state index contributed by atoms with van der Waals surface area (Å²) in [6, 6.07) is 9.41. The lowest BCUT2D eigenvalue weighted by atomic mass is 9.80.